The van der Waals surface area contributed by atoms with Gasteiger partial charge in [-0.15, -0.1) is 0 Å². The predicted octanol–water partition coefficient (Wildman–Crippen LogP) is 2.25. The van der Waals surface area contributed by atoms with Crippen molar-refractivity contribution in [1.82, 2.24) is 9.80 Å². The molecule has 4 rings (SSSR count). The van der Waals surface area contributed by atoms with Gasteiger partial charge in [0.05, 0.1) is 16.2 Å². The third-order valence-electron chi connectivity index (χ3n) is 5.72. The van der Waals surface area contributed by atoms with Crippen LogP contribution in [0.15, 0.2) is 76.5 Å². The van der Waals surface area contributed by atoms with Crippen LogP contribution in [0.25, 0.3) is 6.08 Å². The van der Waals surface area contributed by atoms with E-state index in [1.807, 2.05) is 36.4 Å². The number of anilines is 1. The van der Waals surface area contributed by atoms with Gasteiger partial charge in [0, 0.05) is 18.7 Å². The second-order valence-electron chi connectivity index (χ2n) is 8.31. The molecule has 10 nitrogen and oxygen atoms in total. The van der Waals surface area contributed by atoms with Gasteiger partial charge in [0.25, 0.3) is 11.8 Å². The Morgan fingerprint density at radius 1 is 1.11 bits per heavy atom. The van der Waals surface area contributed by atoms with Crippen LogP contribution in [0.2, 0.25) is 0 Å². The molecular weight excluding hydrogens is 548 g/mol. The molecular formula is C25H22N4O6S3. The number of sulfonamides is 1. The summed E-state index contributed by atoms with van der Waals surface area (Å²) in [7, 11) is -3.86. The van der Waals surface area contributed by atoms with Crippen LogP contribution >= 0.6 is 24.0 Å². The Morgan fingerprint density at radius 3 is 2.45 bits per heavy atom. The fraction of sp³-hybridized carbons (Fsp3) is 0.160. The number of hydrogen-bond donors (Lipinski definition) is 2. The molecule has 0 bridgehead atoms. The zero-order chi connectivity index (χ0) is 27.4. The Kier molecular flexibility index (Phi) is 8.21. The summed E-state index contributed by atoms with van der Waals surface area (Å²) >= 11 is 6.38. The van der Waals surface area contributed by atoms with Crippen molar-refractivity contribution in [3.8, 4) is 0 Å². The van der Waals surface area contributed by atoms with E-state index in [1.165, 1.54) is 24.3 Å². The highest BCUT2D eigenvalue weighted by molar-refractivity contribution is 8.26. The summed E-state index contributed by atoms with van der Waals surface area (Å²) in [4.78, 5) is 53.3. The first-order valence-electron chi connectivity index (χ1n) is 11.3. The number of thiocarbonyl (C=S) groups is 1. The van der Waals surface area contributed by atoms with Gasteiger partial charge >= 0.3 is 0 Å². The number of nitrogens with one attached hydrogen (secondary N) is 1. The lowest BCUT2D eigenvalue weighted by Crippen LogP contribution is -2.44. The molecule has 0 spiro atoms. The first-order valence-corrected chi connectivity index (χ1v) is 14.1. The van der Waals surface area contributed by atoms with Crippen molar-refractivity contribution in [3.63, 3.8) is 0 Å². The van der Waals surface area contributed by atoms with Crippen molar-refractivity contribution in [3.05, 3.63) is 77.2 Å². The van der Waals surface area contributed by atoms with E-state index in [9.17, 15) is 27.6 Å². The van der Waals surface area contributed by atoms with Crippen molar-refractivity contribution in [2.45, 2.75) is 23.8 Å². The second-order valence-corrected chi connectivity index (χ2v) is 11.6. The number of carbonyl (C=O) groups excluding carboxylic acids is 4. The molecule has 196 valence electrons. The fourth-order valence-corrected chi connectivity index (χ4v) is 5.66. The lowest BCUT2D eigenvalue weighted by Gasteiger charge is -2.21. The van der Waals surface area contributed by atoms with Crippen molar-refractivity contribution < 1.29 is 27.6 Å². The number of nitrogens with zero attached hydrogens (tertiary/aromatic N) is 2. The molecule has 2 heterocycles. The average Bonchev–Trinajstić information content (AvgIpc) is 3.31. The molecule has 4 amide bonds. The number of amides is 4. The molecule has 2 saturated heterocycles. The van der Waals surface area contributed by atoms with Crippen LogP contribution in [0.5, 0.6) is 0 Å². The molecule has 2 aliphatic heterocycles. The number of carbonyl (C=O) groups is 4. The van der Waals surface area contributed by atoms with E-state index in [-0.39, 0.29) is 28.6 Å². The highest BCUT2D eigenvalue weighted by Crippen LogP contribution is 2.35. The van der Waals surface area contributed by atoms with E-state index >= 15 is 0 Å². The van der Waals surface area contributed by atoms with E-state index in [0.717, 1.165) is 27.1 Å². The molecule has 0 aromatic heterocycles. The van der Waals surface area contributed by atoms with Crippen LogP contribution in [0, 0.1) is 0 Å². The molecule has 0 radical (unpaired) electrons. The molecule has 2 fully saturated rings. The topological polar surface area (TPSA) is 147 Å². The molecule has 0 saturated carbocycles. The van der Waals surface area contributed by atoms with E-state index in [2.05, 4.69) is 5.32 Å². The highest BCUT2D eigenvalue weighted by atomic mass is 32.2. The van der Waals surface area contributed by atoms with Crippen LogP contribution < -0.4 is 10.5 Å². The maximum atomic E-state index is 13.0. The van der Waals surface area contributed by atoms with Gasteiger partial charge in [-0.1, -0.05) is 66.5 Å². The average molecular weight is 571 g/mol. The summed E-state index contributed by atoms with van der Waals surface area (Å²) in [6, 6.07) is 13.7. The normalized spacial score (nSPS) is 19.3. The number of benzene rings is 2. The molecule has 13 heteroatoms. The zero-order valence-electron chi connectivity index (χ0n) is 19.8. The number of allylic oxidation sites excluding steroid dienone is 2. The number of nitrogens with two attached hydrogens (primary N) is 1. The van der Waals surface area contributed by atoms with Gasteiger partial charge in [-0.3, -0.25) is 29.0 Å². The maximum absolute atomic E-state index is 13.0. The van der Waals surface area contributed by atoms with Crippen LogP contribution in [-0.2, 0) is 29.2 Å². The Morgan fingerprint density at radius 2 is 1.79 bits per heavy atom. The Bertz CT molecular complexity index is 1470. The smallest absolute Gasteiger partial charge is 0.266 e. The van der Waals surface area contributed by atoms with Crippen molar-refractivity contribution in [2.75, 3.05) is 11.9 Å². The summed E-state index contributed by atoms with van der Waals surface area (Å²) < 4.78 is 22.9. The molecule has 1 unspecified atom stereocenters. The standard InChI is InChI=1S/C25H22N4O6S3/c26-38(34,35)18-11-9-17(10-12-18)27-21(30)13-14-28-22(31)15-19(23(28)32)29-24(33)20(37-25(29)36)8-4-7-16-5-2-1-3-6-16/h1-12,19H,13-15H2,(H,27,30)(H2,26,34,35)/b7-4+,20-8-. The Balaban J connectivity index is 1.35. The van der Waals surface area contributed by atoms with Crippen molar-refractivity contribution in [1.29, 1.82) is 0 Å². The highest BCUT2D eigenvalue weighted by Gasteiger charge is 2.48. The number of thioether (sulfide) groups is 1. The van der Waals surface area contributed by atoms with Gasteiger partial charge in [0.15, 0.2) is 0 Å². The lowest BCUT2D eigenvalue weighted by molar-refractivity contribution is -0.141. The minimum Gasteiger partial charge on any atom is -0.326 e. The monoisotopic (exact) mass is 570 g/mol. The predicted molar refractivity (Wildman–Crippen MR) is 147 cm³/mol. The van der Waals surface area contributed by atoms with Gasteiger partial charge in [-0.25, -0.2) is 13.6 Å². The lowest BCUT2D eigenvalue weighted by atomic mass is 10.2. The molecule has 3 N–H and O–H groups in total. The third kappa shape index (κ3) is 6.25. The van der Waals surface area contributed by atoms with E-state index in [0.29, 0.717) is 10.6 Å². The van der Waals surface area contributed by atoms with E-state index in [1.54, 1.807) is 12.2 Å². The van der Waals surface area contributed by atoms with Gasteiger partial charge in [0.1, 0.15) is 10.4 Å². The number of rotatable bonds is 8. The number of imide groups is 1. The zero-order valence-corrected chi connectivity index (χ0v) is 22.2. The first kappa shape index (κ1) is 27.4. The van der Waals surface area contributed by atoms with Gasteiger partial charge in [-0.05, 0) is 35.9 Å². The number of hydrogen-bond acceptors (Lipinski definition) is 8. The number of likely N-dealkylation sites (tertiary alicyclic amines) is 1. The van der Waals surface area contributed by atoms with Crippen molar-refractivity contribution in [2.24, 2.45) is 5.14 Å². The summed E-state index contributed by atoms with van der Waals surface area (Å²) in [5.41, 5.74) is 1.28. The molecule has 2 aliphatic rings. The summed E-state index contributed by atoms with van der Waals surface area (Å²) in [5.74, 6) is -2.05. The quantitative estimate of drug-likeness (QED) is 0.279. The van der Waals surface area contributed by atoms with E-state index in [4.69, 9.17) is 17.4 Å². The van der Waals surface area contributed by atoms with Gasteiger partial charge < -0.3 is 5.32 Å². The van der Waals surface area contributed by atoms with Crippen LogP contribution in [-0.4, -0.2) is 58.8 Å². The van der Waals surface area contributed by atoms with Crippen LogP contribution in [0.3, 0.4) is 0 Å². The van der Waals surface area contributed by atoms with Crippen molar-refractivity contribution >= 4 is 73.7 Å². The largest absolute Gasteiger partial charge is 0.326 e. The second kappa shape index (κ2) is 11.4. The fourth-order valence-electron chi connectivity index (χ4n) is 3.84. The Hall–Kier alpha value is -3.65. The first-order chi connectivity index (χ1) is 18.0. The number of primary sulfonamides is 1. The molecule has 0 aliphatic carbocycles. The van der Waals surface area contributed by atoms with Gasteiger partial charge in [-0.2, -0.15) is 0 Å². The summed E-state index contributed by atoms with van der Waals surface area (Å²) in [6.07, 6.45) is 4.75. The Labute approximate surface area is 228 Å². The van der Waals surface area contributed by atoms with E-state index < -0.39 is 39.7 Å². The van der Waals surface area contributed by atoms with Crippen LogP contribution in [0.1, 0.15) is 18.4 Å². The third-order valence-corrected chi connectivity index (χ3v) is 8.00. The maximum Gasteiger partial charge on any atom is 0.266 e. The molecule has 2 aromatic carbocycles. The molecule has 38 heavy (non-hydrogen) atoms. The molecule has 1 atom stereocenters. The summed E-state index contributed by atoms with van der Waals surface area (Å²) in [5, 5.41) is 7.62. The minimum absolute atomic E-state index is 0.104. The minimum atomic E-state index is -3.86. The van der Waals surface area contributed by atoms with Crippen LogP contribution in [0.4, 0.5) is 5.69 Å². The summed E-state index contributed by atoms with van der Waals surface area (Å²) in [6.45, 7) is -0.181. The van der Waals surface area contributed by atoms with Gasteiger partial charge in [0.2, 0.25) is 21.8 Å². The molecule has 2 aromatic rings. The SMILES string of the molecule is NS(=O)(=O)c1ccc(NC(=O)CCN2C(=O)CC(N3C(=O)/C(=C/C=C/c4ccccc4)SC3=S)C2=O)cc1.